The zero-order valence-corrected chi connectivity index (χ0v) is 35.7. The summed E-state index contributed by atoms with van der Waals surface area (Å²) in [4.78, 5) is 83.4. The topological polar surface area (TPSA) is 187 Å². The number of hydrogen-bond donors (Lipinski definition) is 4. The smallest absolute Gasteiger partial charge is 0.264 e. The van der Waals surface area contributed by atoms with Crippen molar-refractivity contribution in [3.63, 3.8) is 0 Å². The molecule has 2 saturated carbocycles. The molecule has 0 spiro atoms. The van der Waals surface area contributed by atoms with Crippen LogP contribution >= 0.6 is 0 Å². The van der Waals surface area contributed by atoms with E-state index in [0.29, 0.717) is 47.4 Å². The van der Waals surface area contributed by atoms with Crippen molar-refractivity contribution < 1.29 is 24.0 Å². The Labute approximate surface area is 371 Å². The van der Waals surface area contributed by atoms with E-state index in [0.717, 1.165) is 98.6 Å². The Hall–Kier alpha value is -6.68. The van der Waals surface area contributed by atoms with Crippen LogP contribution in [0.5, 0.6) is 0 Å². The standard InChI is InChI=1S/C48H53N11O5/c60-40-18-17-39(46(62)55-40)59-47(63)37-7-4-8-38(42(37)48(59)64)49-26-31-9-11-32(12-10-31)27-56-19-21-57(22-20-56)35-15-13-33(14-16-35)54-44-43-45(51-28-50-44)58(29-52-43)36-24-34(25-36)53-41(61)23-30-5-2-1-3-6-30/h1-8,13-16,28-29,31-32,34,36,39,49H,9-12,17-27H2,(H,53,61)(H,50,51,54)(H,55,60,62). The maximum atomic E-state index is 13.5. The third-order valence-corrected chi connectivity index (χ3v) is 13.8. The van der Waals surface area contributed by atoms with Gasteiger partial charge in [-0.1, -0.05) is 36.4 Å². The third-order valence-electron chi connectivity index (χ3n) is 13.8. The molecular formula is C48H53N11O5. The highest BCUT2D eigenvalue weighted by Crippen LogP contribution is 2.37. The monoisotopic (exact) mass is 863 g/mol. The van der Waals surface area contributed by atoms with Gasteiger partial charge < -0.3 is 25.4 Å². The number of nitrogens with one attached hydrogen (secondary N) is 4. The summed E-state index contributed by atoms with van der Waals surface area (Å²) in [6, 6.07) is 22.9. The van der Waals surface area contributed by atoms with E-state index in [2.05, 4.69) is 69.9 Å². The van der Waals surface area contributed by atoms with Crippen LogP contribution in [-0.2, 0) is 20.8 Å². The second-order valence-corrected chi connectivity index (χ2v) is 18.0. The minimum Gasteiger partial charge on any atom is -0.384 e. The molecule has 16 nitrogen and oxygen atoms in total. The van der Waals surface area contributed by atoms with Gasteiger partial charge in [-0.15, -0.1) is 0 Å². The van der Waals surface area contributed by atoms with Crippen molar-refractivity contribution >= 4 is 63.6 Å². The molecule has 330 valence electrons. The van der Waals surface area contributed by atoms with Gasteiger partial charge in [0.15, 0.2) is 17.0 Å². The largest absolute Gasteiger partial charge is 0.384 e. The lowest BCUT2D eigenvalue weighted by Crippen LogP contribution is -2.54. The Balaban J connectivity index is 0.656. The molecule has 4 fully saturated rings. The Morgan fingerprint density at radius 2 is 1.55 bits per heavy atom. The highest BCUT2D eigenvalue weighted by molar-refractivity contribution is 6.25. The van der Waals surface area contributed by atoms with Gasteiger partial charge in [0, 0.05) is 74.8 Å². The molecule has 0 radical (unpaired) electrons. The van der Waals surface area contributed by atoms with Gasteiger partial charge in [-0.2, -0.15) is 0 Å². The molecule has 10 rings (SSSR count). The Morgan fingerprint density at radius 1 is 0.781 bits per heavy atom. The summed E-state index contributed by atoms with van der Waals surface area (Å²) in [7, 11) is 0. The van der Waals surface area contributed by atoms with Crippen LogP contribution in [-0.4, -0.2) is 110 Å². The molecule has 64 heavy (non-hydrogen) atoms. The van der Waals surface area contributed by atoms with Crippen LogP contribution in [0.15, 0.2) is 85.5 Å². The molecule has 5 amide bonds. The van der Waals surface area contributed by atoms with E-state index in [1.165, 1.54) is 5.69 Å². The number of piperidine rings is 1. The van der Waals surface area contributed by atoms with Crippen LogP contribution < -0.4 is 26.2 Å². The number of piperazine rings is 1. The Morgan fingerprint density at radius 3 is 2.31 bits per heavy atom. The summed E-state index contributed by atoms with van der Waals surface area (Å²) in [6.45, 7) is 5.80. The zero-order chi connectivity index (χ0) is 43.7. The fraction of sp³-hybridized carbons (Fsp3) is 0.417. The number of imidazole rings is 1. The van der Waals surface area contributed by atoms with Crippen molar-refractivity contribution in [2.24, 2.45) is 11.8 Å². The Kier molecular flexibility index (Phi) is 11.5. The van der Waals surface area contributed by atoms with Crippen molar-refractivity contribution in [1.82, 2.24) is 40.0 Å². The van der Waals surface area contributed by atoms with Crippen LogP contribution in [0.1, 0.15) is 83.7 Å². The van der Waals surface area contributed by atoms with Gasteiger partial charge in [0.25, 0.3) is 11.8 Å². The summed E-state index contributed by atoms with van der Waals surface area (Å²) in [6.07, 6.45) is 10.2. The number of amides is 5. The SMILES string of the molecule is O=C1CCC(N2C(=O)c3cccc(NCC4CCC(CN5CCN(c6ccc(Nc7ncnc8c7ncn8C7CC(NC(=O)Cc8ccccc8)C7)cc6)CC5)CC4)c3C2=O)C(=O)N1. The fourth-order valence-electron chi connectivity index (χ4n) is 10.2. The average molecular weight is 864 g/mol. The number of hydrogen-bond acceptors (Lipinski definition) is 12. The van der Waals surface area contributed by atoms with Gasteiger partial charge in [-0.25, -0.2) is 15.0 Å². The van der Waals surface area contributed by atoms with Gasteiger partial charge in [-0.3, -0.25) is 39.1 Å². The van der Waals surface area contributed by atoms with E-state index in [-0.39, 0.29) is 36.7 Å². The van der Waals surface area contributed by atoms with E-state index >= 15 is 0 Å². The Bertz CT molecular complexity index is 2560. The lowest BCUT2D eigenvalue weighted by Gasteiger charge is -2.39. The summed E-state index contributed by atoms with van der Waals surface area (Å²) < 4.78 is 2.10. The van der Waals surface area contributed by atoms with Crippen molar-refractivity contribution in [2.45, 2.75) is 75.9 Å². The fourth-order valence-corrected chi connectivity index (χ4v) is 10.2. The van der Waals surface area contributed by atoms with Gasteiger partial charge in [0.2, 0.25) is 17.7 Å². The van der Waals surface area contributed by atoms with Gasteiger partial charge in [-0.05, 0) is 98.7 Å². The van der Waals surface area contributed by atoms with Crippen molar-refractivity contribution in [2.75, 3.05) is 54.8 Å². The maximum Gasteiger partial charge on any atom is 0.264 e. The van der Waals surface area contributed by atoms with E-state index in [1.54, 1.807) is 18.5 Å². The maximum absolute atomic E-state index is 13.5. The van der Waals surface area contributed by atoms with Gasteiger partial charge >= 0.3 is 0 Å². The van der Waals surface area contributed by atoms with Crippen molar-refractivity contribution in [3.05, 3.63) is 102 Å². The molecule has 0 bridgehead atoms. The lowest BCUT2D eigenvalue weighted by atomic mass is 9.81. The normalized spacial score (nSPS) is 23.7. The number of rotatable bonds is 13. The summed E-state index contributed by atoms with van der Waals surface area (Å²) in [5, 5.41) is 12.4. The minimum atomic E-state index is -0.977. The number of nitrogens with zero attached hydrogens (tertiary/aromatic N) is 7. The molecule has 1 atom stereocenters. The molecular weight excluding hydrogens is 811 g/mol. The van der Waals surface area contributed by atoms with Crippen molar-refractivity contribution in [1.29, 1.82) is 0 Å². The van der Waals surface area contributed by atoms with Gasteiger partial charge in [0.1, 0.15) is 12.4 Å². The van der Waals surface area contributed by atoms with Crippen LogP contribution in [0.2, 0.25) is 0 Å². The molecule has 2 aliphatic carbocycles. The number of benzene rings is 3. The van der Waals surface area contributed by atoms with Crippen LogP contribution in [0.25, 0.3) is 11.2 Å². The van der Waals surface area contributed by atoms with Crippen LogP contribution in [0.4, 0.5) is 22.9 Å². The highest BCUT2D eigenvalue weighted by Gasteiger charge is 2.45. The predicted octanol–water partition coefficient (Wildman–Crippen LogP) is 5.07. The highest BCUT2D eigenvalue weighted by atomic mass is 16.2. The first kappa shape index (κ1) is 41.3. The number of fused-ring (bicyclic) bond motifs is 2. The third kappa shape index (κ3) is 8.53. The first-order chi connectivity index (χ1) is 31.2. The van der Waals surface area contributed by atoms with E-state index in [4.69, 9.17) is 4.98 Å². The molecule has 5 aromatic rings. The van der Waals surface area contributed by atoms with E-state index in [1.807, 2.05) is 42.7 Å². The lowest BCUT2D eigenvalue weighted by molar-refractivity contribution is -0.136. The molecule has 3 aromatic carbocycles. The molecule has 3 aliphatic heterocycles. The van der Waals surface area contributed by atoms with Crippen LogP contribution in [0.3, 0.4) is 0 Å². The number of carbonyl (C=O) groups is 5. The number of aromatic nitrogens is 4. The molecule has 2 aromatic heterocycles. The minimum absolute atomic E-state index is 0.0466. The summed E-state index contributed by atoms with van der Waals surface area (Å²) in [5.74, 6) is -0.136. The van der Waals surface area contributed by atoms with E-state index in [9.17, 15) is 24.0 Å². The summed E-state index contributed by atoms with van der Waals surface area (Å²) >= 11 is 0. The molecule has 2 saturated heterocycles. The van der Waals surface area contributed by atoms with E-state index < -0.39 is 23.8 Å². The molecule has 5 heterocycles. The molecule has 1 unspecified atom stereocenters. The first-order valence-electron chi connectivity index (χ1n) is 22.7. The molecule has 5 aliphatic rings. The van der Waals surface area contributed by atoms with Crippen LogP contribution in [0, 0.1) is 11.8 Å². The first-order valence-corrected chi connectivity index (χ1v) is 22.7. The predicted molar refractivity (Wildman–Crippen MR) is 241 cm³/mol. The second kappa shape index (κ2) is 17.8. The number of imide groups is 2. The quantitative estimate of drug-likeness (QED) is 0.115. The summed E-state index contributed by atoms with van der Waals surface area (Å²) in [5.41, 5.74) is 5.87. The molecule has 16 heteroatoms. The number of anilines is 4. The number of carbonyl (C=O) groups excluding carboxylic acids is 5. The van der Waals surface area contributed by atoms with Crippen molar-refractivity contribution in [3.8, 4) is 0 Å². The van der Waals surface area contributed by atoms with Gasteiger partial charge in [0.05, 0.1) is 23.9 Å². The average Bonchev–Trinajstić information content (AvgIpc) is 3.84. The second-order valence-electron chi connectivity index (χ2n) is 18.0. The zero-order valence-electron chi connectivity index (χ0n) is 35.7. The molecule has 4 N–H and O–H groups in total.